The molecule has 0 radical (unpaired) electrons. The molecule has 2 heterocycles. The minimum atomic E-state index is 0.299. The van der Waals surface area contributed by atoms with Crippen LogP contribution in [0.25, 0.3) is 0 Å². The van der Waals surface area contributed by atoms with Crippen LogP contribution in [0, 0.1) is 0 Å². The molecule has 1 aromatic carbocycles. The molecule has 0 saturated carbocycles. The zero-order chi connectivity index (χ0) is 13.8. The van der Waals surface area contributed by atoms with Crippen LogP contribution in [0.3, 0.4) is 0 Å². The minimum Gasteiger partial charge on any atom is -0.492 e. The summed E-state index contributed by atoms with van der Waals surface area (Å²) in [6, 6.07) is 10.2. The molecule has 1 aromatic heterocycles. The van der Waals surface area contributed by atoms with Gasteiger partial charge in [-0.3, -0.25) is 0 Å². The molecule has 104 valence electrons. The molecule has 1 aliphatic rings. The molecule has 0 bridgehead atoms. The van der Waals surface area contributed by atoms with Crippen LogP contribution in [-0.4, -0.2) is 22.6 Å². The van der Waals surface area contributed by atoms with Crippen LogP contribution in [-0.2, 0) is 13.0 Å². The topological polar surface area (TPSA) is 73.1 Å². The second-order valence-corrected chi connectivity index (χ2v) is 4.93. The molecule has 3 rings (SSSR count). The van der Waals surface area contributed by atoms with E-state index >= 15 is 0 Å². The van der Waals surface area contributed by atoms with Crippen molar-refractivity contribution in [2.24, 2.45) is 0 Å². The Morgan fingerprint density at radius 2 is 2.20 bits per heavy atom. The molecule has 20 heavy (non-hydrogen) atoms. The van der Waals surface area contributed by atoms with Crippen molar-refractivity contribution in [1.82, 2.24) is 15.3 Å². The fraction of sp³-hybridized carbons (Fsp3) is 0.333. The molecular weight excluding hydrogens is 252 g/mol. The van der Waals surface area contributed by atoms with E-state index in [1.165, 1.54) is 5.56 Å². The van der Waals surface area contributed by atoms with Crippen LogP contribution in [0.4, 0.5) is 5.82 Å². The number of benzene rings is 1. The van der Waals surface area contributed by atoms with Gasteiger partial charge in [-0.1, -0.05) is 18.2 Å². The highest BCUT2D eigenvalue weighted by atomic mass is 16.5. The molecule has 0 spiro atoms. The highest BCUT2D eigenvalue weighted by Crippen LogP contribution is 2.23. The smallest absolute Gasteiger partial charge is 0.144 e. The predicted octanol–water partition coefficient (Wildman–Crippen LogP) is 1.54. The van der Waals surface area contributed by atoms with Crippen molar-refractivity contribution in [2.45, 2.75) is 25.4 Å². The van der Waals surface area contributed by atoms with Crippen LogP contribution in [0.15, 0.2) is 36.5 Å². The molecule has 1 atom stereocenters. The zero-order valence-electron chi connectivity index (χ0n) is 11.2. The minimum absolute atomic E-state index is 0.299. The standard InChI is InChI=1S/C15H18N4O/c16-14-7-8-17-15(19-14)9-18-12-6-5-11-3-1-2-4-13(11)20-10-12/h1-4,7-8,12,18H,5-6,9-10H2,(H2,16,17,19). The van der Waals surface area contributed by atoms with Crippen molar-refractivity contribution in [3.8, 4) is 5.75 Å². The lowest BCUT2D eigenvalue weighted by Gasteiger charge is -2.15. The van der Waals surface area contributed by atoms with Gasteiger partial charge in [0, 0.05) is 12.2 Å². The van der Waals surface area contributed by atoms with Gasteiger partial charge in [0.25, 0.3) is 0 Å². The average molecular weight is 270 g/mol. The first-order valence-electron chi connectivity index (χ1n) is 6.83. The van der Waals surface area contributed by atoms with Crippen molar-refractivity contribution < 1.29 is 4.74 Å². The number of hydrogen-bond donors (Lipinski definition) is 2. The Morgan fingerprint density at radius 1 is 1.30 bits per heavy atom. The van der Waals surface area contributed by atoms with Gasteiger partial charge in [-0.05, 0) is 30.5 Å². The molecule has 0 saturated heterocycles. The first kappa shape index (κ1) is 12.9. The van der Waals surface area contributed by atoms with Crippen LogP contribution in [0.5, 0.6) is 5.75 Å². The van der Waals surface area contributed by atoms with Crippen LogP contribution in [0.1, 0.15) is 17.8 Å². The Morgan fingerprint density at radius 3 is 3.10 bits per heavy atom. The number of hydrogen-bond acceptors (Lipinski definition) is 5. The van der Waals surface area contributed by atoms with Gasteiger partial charge in [0.1, 0.15) is 24.0 Å². The van der Waals surface area contributed by atoms with E-state index in [9.17, 15) is 0 Å². The van der Waals surface area contributed by atoms with Crippen molar-refractivity contribution in [3.63, 3.8) is 0 Å². The number of anilines is 1. The van der Waals surface area contributed by atoms with Gasteiger partial charge in [0.2, 0.25) is 0 Å². The van der Waals surface area contributed by atoms with Crippen molar-refractivity contribution in [2.75, 3.05) is 12.3 Å². The quantitative estimate of drug-likeness (QED) is 0.885. The number of aromatic nitrogens is 2. The summed E-state index contributed by atoms with van der Waals surface area (Å²) in [5.74, 6) is 2.21. The van der Waals surface area contributed by atoms with Gasteiger partial charge in [-0.15, -0.1) is 0 Å². The normalized spacial score (nSPS) is 17.9. The van der Waals surface area contributed by atoms with Gasteiger partial charge in [-0.2, -0.15) is 0 Å². The number of nitrogens with zero attached hydrogens (tertiary/aromatic N) is 2. The summed E-state index contributed by atoms with van der Waals surface area (Å²) in [4.78, 5) is 8.38. The summed E-state index contributed by atoms with van der Waals surface area (Å²) in [6.07, 6.45) is 3.74. The molecule has 2 aromatic rings. The van der Waals surface area contributed by atoms with E-state index in [0.717, 1.165) is 18.6 Å². The third kappa shape index (κ3) is 3.05. The zero-order valence-corrected chi connectivity index (χ0v) is 11.2. The second-order valence-electron chi connectivity index (χ2n) is 4.93. The molecule has 5 nitrogen and oxygen atoms in total. The number of nitrogens with one attached hydrogen (secondary N) is 1. The van der Waals surface area contributed by atoms with Crippen molar-refractivity contribution >= 4 is 5.82 Å². The van der Waals surface area contributed by atoms with Crippen molar-refractivity contribution in [3.05, 3.63) is 47.9 Å². The second kappa shape index (κ2) is 5.88. The number of ether oxygens (including phenoxy) is 1. The Balaban J connectivity index is 1.58. The molecule has 0 amide bonds. The summed E-state index contributed by atoms with van der Waals surface area (Å²) < 4.78 is 5.85. The van der Waals surface area contributed by atoms with Gasteiger partial charge in [0.15, 0.2) is 0 Å². The number of rotatable bonds is 3. The number of nitrogen functional groups attached to an aromatic ring is 1. The number of nitrogens with two attached hydrogens (primary N) is 1. The van der Waals surface area contributed by atoms with Crippen LogP contribution in [0.2, 0.25) is 0 Å². The molecule has 0 fully saturated rings. The SMILES string of the molecule is Nc1ccnc(CNC2CCc3ccccc3OC2)n1. The Bertz CT molecular complexity index is 561. The molecule has 3 N–H and O–H groups in total. The lowest BCUT2D eigenvalue weighted by atomic mass is 10.1. The molecule has 5 heteroatoms. The Hall–Kier alpha value is -2.14. The predicted molar refractivity (Wildman–Crippen MR) is 77.3 cm³/mol. The Labute approximate surface area is 118 Å². The lowest BCUT2D eigenvalue weighted by molar-refractivity contribution is 0.266. The molecular formula is C15H18N4O. The number of para-hydroxylation sites is 1. The van der Waals surface area contributed by atoms with E-state index in [1.807, 2.05) is 12.1 Å². The van der Waals surface area contributed by atoms with E-state index < -0.39 is 0 Å². The highest BCUT2D eigenvalue weighted by Gasteiger charge is 2.16. The average Bonchev–Trinajstić information content (AvgIpc) is 2.68. The van der Waals surface area contributed by atoms with E-state index in [0.29, 0.717) is 30.8 Å². The van der Waals surface area contributed by atoms with Gasteiger partial charge in [0.05, 0.1) is 6.54 Å². The maximum absolute atomic E-state index is 5.85. The van der Waals surface area contributed by atoms with Crippen LogP contribution < -0.4 is 15.8 Å². The maximum atomic E-state index is 5.85. The van der Waals surface area contributed by atoms with Gasteiger partial charge >= 0.3 is 0 Å². The number of aryl methyl sites for hydroxylation is 1. The van der Waals surface area contributed by atoms with E-state index in [2.05, 4.69) is 27.4 Å². The summed E-state index contributed by atoms with van der Waals surface area (Å²) in [5.41, 5.74) is 6.92. The fourth-order valence-electron chi connectivity index (χ4n) is 2.35. The first-order valence-corrected chi connectivity index (χ1v) is 6.83. The fourth-order valence-corrected chi connectivity index (χ4v) is 2.35. The monoisotopic (exact) mass is 270 g/mol. The Kier molecular flexibility index (Phi) is 3.78. The summed E-state index contributed by atoms with van der Waals surface area (Å²) in [6.45, 7) is 1.27. The number of fused-ring (bicyclic) bond motifs is 1. The summed E-state index contributed by atoms with van der Waals surface area (Å²) in [5, 5.41) is 3.43. The highest BCUT2D eigenvalue weighted by molar-refractivity contribution is 5.34. The third-order valence-electron chi connectivity index (χ3n) is 3.45. The summed E-state index contributed by atoms with van der Waals surface area (Å²) >= 11 is 0. The molecule has 0 aliphatic carbocycles. The van der Waals surface area contributed by atoms with E-state index in [-0.39, 0.29) is 0 Å². The first-order chi connectivity index (χ1) is 9.81. The largest absolute Gasteiger partial charge is 0.492 e. The van der Waals surface area contributed by atoms with Gasteiger partial charge < -0.3 is 15.8 Å². The van der Waals surface area contributed by atoms with E-state index in [1.54, 1.807) is 12.3 Å². The lowest BCUT2D eigenvalue weighted by Crippen LogP contribution is -2.34. The molecule has 1 unspecified atom stereocenters. The van der Waals surface area contributed by atoms with Gasteiger partial charge in [-0.25, -0.2) is 9.97 Å². The van der Waals surface area contributed by atoms with Crippen molar-refractivity contribution in [1.29, 1.82) is 0 Å². The maximum Gasteiger partial charge on any atom is 0.144 e. The molecule has 1 aliphatic heterocycles. The summed E-state index contributed by atoms with van der Waals surface area (Å²) in [7, 11) is 0. The van der Waals surface area contributed by atoms with E-state index in [4.69, 9.17) is 10.5 Å². The van der Waals surface area contributed by atoms with Crippen LogP contribution >= 0.6 is 0 Å². The third-order valence-corrected chi connectivity index (χ3v) is 3.45.